The minimum atomic E-state index is -2.93. The van der Waals surface area contributed by atoms with Crippen molar-refractivity contribution < 1.29 is 23.0 Å². The Hall–Kier alpha value is -2.89. The van der Waals surface area contributed by atoms with Crippen molar-refractivity contribution in [2.45, 2.75) is 13.5 Å². The van der Waals surface area contributed by atoms with Gasteiger partial charge in [-0.1, -0.05) is 24.3 Å². The first-order valence-electron chi connectivity index (χ1n) is 7.42. The lowest BCUT2D eigenvalue weighted by Crippen LogP contribution is -2.05. The van der Waals surface area contributed by atoms with E-state index in [0.717, 1.165) is 11.3 Å². The van der Waals surface area contributed by atoms with E-state index in [4.69, 9.17) is 4.74 Å². The number of alkyl halides is 2. The van der Waals surface area contributed by atoms with Gasteiger partial charge in [0.2, 0.25) is 0 Å². The summed E-state index contributed by atoms with van der Waals surface area (Å²) in [6.45, 7) is -0.873. The van der Waals surface area contributed by atoms with Crippen LogP contribution in [0.25, 0.3) is 11.6 Å². The van der Waals surface area contributed by atoms with E-state index in [1.807, 2.05) is 24.3 Å². The average Bonchev–Trinajstić information content (AvgIpc) is 2.86. The Morgan fingerprint density at radius 1 is 1.17 bits per heavy atom. The summed E-state index contributed by atoms with van der Waals surface area (Å²) in [5.74, 6) is -0.0359. The molecular weight excluding hydrogens is 316 g/mol. The number of amides is 1. The van der Waals surface area contributed by atoms with Gasteiger partial charge in [-0.3, -0.25) is 4.79 Å². The van der Waals surface area contributed by atoms with Gasteiger partial charge in [-0.25, -0.2) is 0 Å². The lowest BCUT2D eigenvalue weighted by atomic mass is 10.0. The fraction of sp³-hybridized carbons (Fsp3) is 0.167. The molecule has 0 radical (unpaired) electrons. The molecular formula is C18H15F2NO3. The molecule has 0 aromatic heterocycles. The fourth-order valence-electron chi connectivity index (χ4n) is 2.52. The predicted octanol–water partition coefficient (Wildman–Crippen LogP) is 4.18. The lowest BCUT2D eigenvalue weighted by Gasteiger charge is -2.12. The Balaban J connectivity index is 1.98. The van der Waals surface area contributed by atoms with Gasteiger partial charge in [0.05, 0.1) is 6.61 Å². The minimum absolute atomic E-state index is 0.0368. The van der Waals surface area contributed by atoms with E-state index in [9.17, 15) is 13.6 Å². The second-order valence-corrected chi connectivity index (χ2v) is 5.08. The molecule has 1 aliphatic rings. The van der Waals surface area contributed by atoms with Crippen molar-refractivity contribution in [3.8, 4) is 11.5 Å². The summed E-state index contributed by atoms with van der Waals surface area (Å²) >= 11 is 0. The van der Waals surface area contributed by atoms with Crippen molar-refractivity contribution in [1.29, 1.82) is 0 Å². The van der Waals surface area contributed by atoms with Gasteiger partial charge in [0.25, 0.3) is 5.91 Å². The number of carbonyl (C=O) groups excluding carboxylic acids is 1. The highest BCUT2D eigenvalue weighted by molar-refractivity contribution is 6.34. The van der Waals surface area contributed by atoms with Gasteiger partial charge in [0.1, 0.15) is 0 Å². The topological polar surface area (TPSA) is 47.6 Å². The molecule has 1 N–H and O–H groups in total. The van der Waals surface area contributed by atoms with Crippen LogP contribution in [0.2, 0.25) is 0 Å². The van der Waals surface area contributed by atoms with Crippen LogP contribution in [-0.2, 0) is 4.79 Å². The van der Waals surface area contributed by atoms with Crippen LogP contribution in [0.15, 0.2) is 42.5 Å². The van der Waals surface area contributed by atoms with Crippen LogP contribution in [0, 0.1) is 0 Å². The van der Waals surface area contributed by atoms with Crippen molar-refractivity contribution in [1.82, 2.24) is 0 Å². The van der Waals surface area contributed by atoms with Gasteiger partial charge in [0.15, 0.2) is 11.5 Å². The van der Waals surface area contributed by atoms with E-state index in [0.29, 0.717) is 17.7 Å². The first-order valence-corrected chi connectivity index (χ1v) is 7.42. The Kier molecular flexibility index (Phi) is 4.46. The smallest absolute Gasteiger partial charge is 0.387 e. The summed E-state index contributed by atoms with van der Waals surface area (Å²) in [4.78, 5) is 12.1. The Morgan fingerprint density at radius 2 is 1.96 bits per heavy atom. The summed E-state index contributed by atoms with van der Waals surface area (Å²) in [7, 11) is 0. The van der Waals surface area contributed by atoms with Crippen LogP contribution < -0.4 is 14.8 Å². The fourth-order valence-corrected chi connectivity index (χ4v) is 2.52. The minimum Gasteiger partial charge on any atom is -0.490 e. The number of nitrogens with one attached hydrogen (secondary N) is 1. The van der Waals surface area contributed by atoms with Crippen LogP contribution in [0.4, 0.5) is 14.5 Å². The number of carbonyl (C=O) groups is 1. The van der Waals surface area contributed by atoms with Crippen molar-refractivity contribution in [2.75, 3.05) is 11.9 Å². The molecule has 0 bridgehead atoms. The van der Waals surface area contributed by atoms with Crippen LogP contribution >= 0.6 is 0 Å². The van der Waals surface area contributed by atoms with Crippen LogP contribution in [0.5, 0.6) is 11.5 Å². The maximum absolute atomic E-state index is 12.4. The van der Waals surface area contributed by atoms with E-state index in [2.05, 4.69) is 10.1 Å². The van der Waals surface area contributed by atoms with Gasteiger partial charge < -0.3 is 14.8 Å². The van der Waals surface area contributed by atoms with Crippen molar-refractivity contribution >= 4 is 23.2 Å². The Morgan fingerprint density at radius 3 is 2.71 bits per heavy atom. The molecule has 0 unspecified atom stereocenters. The standard InChI is InChI=1S/C18H15F2NO3/c1-2-23-16-10-11(7-8-15(16)24-18(19)20)9-13-12-5-3-4-6-14(12)21-17(13)22/h3-10,18H,2H2,1H3,(H,21,22)/b13-9-. The average molecular weight is 331 g/mol. The monoisotopic (exact) mass is 331 g/mol. The molecule has 124 valence electrons. The summed E-state index contributed by atoms with van der Waals surface area (Å²) in [6.07, 6.45) is 1.69. The molecule has 1 heterocycles. The lowest BCUT2D eigenvalue weighted by molar-refractivity contribution is -0.110. The molecule has 0 fully saturated rings. The molecule has 3 rings (SSSR count). The first-order chi connectivity index (χ1) is 11.6. The third-order valence-corrected chi connectivity index (χ3v) is 3.50. The number of fused-ring (bicyclic) bond motifs is 1. The molecule has 4 nitrogen and oxygen atoms in total. The number of halogens is 2. The van der Waals surface area contributed by atoms with Gasteiger partial charge in [0, 0.05) is 16.8 Å². The van der Waals surface area contributed by atoms with Gasteiger partial charge in [-0.05, 0) is 36.8 Å². The van der Waals surface area contributed by atoms with Crippen LogP contribution in [0.3, 0.4) is 0 Å². The maximum Gasteiger partial charge on any atom is 0.387 e. The molecule has 1 amide bonds. The summed E-state index contributed by atoms with van der Waals surface area (Å²) < 4.78 is 34.7. The van der Waals surface area contributed by atoms with Crippen LogP contribution in [0.1, 0.15) is 18.1 Å². The summed E-state index contributed by atoms with van der Waals surface area (Å²) in [6, 6.07) is 11.9. The molecule has 1 aliphatic heterocycles. The van der Waals surface area contributed by atoms with Crippen molar-refractivity contribution in [2.24, 2.45) is 0 Å². The van der Waals surface area contributed by atoms with E-state index in [-0.39, 0.29) is 17.4 Å². The molecule has 0 atom stereocenters. The number of para-hydroxylation sites is 1. The van der Waals surface area contributed by atoms with Crippen molar-refractivity contribution in [3.63, 3.8) is 0 Å². The molecule has 2 aromatic rings. The van der Waals surface area contributed by atoms with Crippen molar-refractivity contribution in [3.05, 3.63) is 53.6 Å². The maximum atomic E-state index is 12.4. The van der Waals surface area contributed by atoms with Gasteiger partial charge in [-0.2, -0.15) is 8.78 Å². The van der Waals surface area contributed by atoms with E-state index in [1.54, 1.807) is 25.1 Å². The highest BCUT2D eigenvalue weighted by Crippen LogP contribution is 2.35. The highest BCUT2D eigenvalue weighted by atomic mass is 19.3. The zero-order chi connectivity index (χ0) is 17.1. The molecule has 0 spiro atoms. The summed E-state index contributed by atoms with van der Waals surface area (Å²) in [5.41, 5.74) is 2.71. The SMILES string of the molecule is CCOc1cc(/C=C2\C(=O)Nc3ccccc32)ccc1OC(F)F. The number of anilines is 1. The van der Waals surface area contributed by atoms with E-state index < -0.39 is 6.61 Å². The molecule has 2 aromatic carbocycles. The van der Waals surface area contributed by atoms with E-state index >= 15 is 0 Å². The molecule has 24 heavy (non-hydrogen) atoms. The zero-order valence-electron chi connectivity index (χ0n) is 12.9. The Bertz CT molecular complexity index is 803. The molecule has 0 saturated carbocycles. The number of rotatable bonds is 5. The zero-order valence-corrected chi connectivity index (χ0v) is 12.9. The second kappa shape index (κ2) is 6.70. The first kappa shape index (κ1) is 16.0. The van der Waals surface area contributed by atoms with Crippen LogP contribution in [-0.4, -0.2) is 19.1 Å². The number of hydrogen-bond donors (Lipinski definition) is 1. The quantitative estimate of drug-likeness (QED) is 0.836. The van der Waals surface area contributed by atoms with Gasteiger partial charge >= 0.3 is 6.61 Å². The van der Waals surface area contributed by atoms with E-state index in [1.165, 1.54) is 6.07 Å². The third kappa shape index (κ3) is 3.22. The Labute approximate surface area is 137 Å². The predicted molar refractivity (Wildman–Crippen MR) is 87.2 cm³/mol. The summed E-state index contributed by atoms with van der Waals surface area (Å²) in [5, 5.41) is 2.78. The normalized spacial score (nSPS) is 14.7. The molecule has 0 aliphatic carbocycles. The third-order valence-electron chi connectivity index (χ3n) is 3.50. The second-order valence-electron chi connectivity index (χ2n) is 5.08. The van der Waals surface area contributed by atoms with Gasteiger partial charge in [-0.15, -0.1) is 0 Å². The highest BCUT2D eigenvalue weighted by Gasteiger charge is 2.23. The molecule has 6 heteroatoms. The number of hydrogen-bond acceptors (Lipinski definition) is 3. The number of ether oxygens (including phenoxy) is 2. The molecule has 0 saturated heterocycles. The largest absolute Gasteiger partial charge is 0.490 e. The number of benzene rings is 2.